The molecule has 1 amide bonds. The predicted octanol–water partition coefficient (Wildman–Crippen LogP) is 4.38. The summed E-state index contributed by atoms with van der Waals surface area (Å²) in [5, 5.41) is 6.11. The van der Waals surface area contributed by atoms with E-state index in [1.165, 1.54) is 5.01 Å². The normalized spacial score (nSPS) is 13.9. The van der Waals surface area contributed by atoms with Gasteiger partial charge in [-0.2, -0.15) is 10.1 Å². The Balaban J connectivity index is 2.12. The molecule has 3 rings (SSSR count). The molecular weight excluding hydrogens is 352 g/mol. The molecule has 0 aromatic heterocycles. The van der Waals surface area contributed by atoms with Crippen LogP contribution in [0.5, 0.6) is 5.75 Å². The molecule has 0 unspecified atom stereocenters. The van der Waals surface area contributed by atoms with Gasteiger partial charge in [0.15, 0.2) is 0 Å². The summed E-state index contributed by atoms with van der Waals surface area (Å²) < 4.78 is 6.18. The number of rotatable bonds is 5. The van der Waals surface area contributed by atoms with Crippen molar-refractivity contribution < 1.29 is 9.53 Å². The van der Waals surface area contributed by atoms with E-state index in [0.717, 1.165) is 21.2 Å². The first-order valence-corrected chi connectivity index (χ1v) is 10.1. The predicted molar refractivity (Wildman–Crippen MR) is 108 cm³/mol. The summed E-state index contributed by atoms with van der Waals surface area (Å²) in [7, 11) is 1.63. The molecule has 0 aliphatic carbocycles. The van der Waals surface area contributed by atoms with E-state index in [2.05, 4.69) is 5.10 Å². The van der Waals surface area contributed by atoms with Crippen LogP contribution in [0.3, 0.4) is 0 Å². The molecule has 2 aromatic carbocycles. The Kier molecular flexibility index (Phi) is 5.50. The smallest absolute Gasteiger partial charge is 0.282 e. The van der Waals surface area contributed by atoms with Gasteiger partial charge in [-0.1, -0.05) is 18.2 Å². The Hall–Kier alpha value is -2.18. The molecule has 0 fully saturated rings. The summed E-state index contributed by atoms with van der Waals surface area (Å²) in [6.07, 6.45) is 3.95. The molecule has 6 heteroatoms. The second kappa shape index (κ2) is 7.80. The highest BCUT2D eigenvalue weighted by molar-refractivity contribution is 8.21. The number of hydrogen-bond acceptors (Lipinski definition) is 5. The lowest BCUT2D eigenvalue weighted by atomic mass is 10.0. The summed E-state index contributed by atoms with van der Waals surface area (Å²) in [6, 6.07) is 17.1. The standard InChI is InChI=1S/C19H18N2O2S2/c1-23-15-11-9-13(10-12-15)17-16(19(24-2)25-3)18(22)21(20-17)14-7-5-4-6-8-14/h4-12H,1-3H3. The second-order valence-electron chi connectivity index (χ2n) is 5.20. The average Bonchev–Trinajstić information content (AvgIpc) is 3.01. The van der Waals surface area contributed by atoms with E-state index in [1.54, 1.807) is 30.6 Å². The zero-order valence-corrected chi connectivity index (χ0v) is 15.9. The number of hydrazone groups is 1. The zero-order valence-electron chi connectivity index (χ0n) is 14.2. The van der Waals surface area contributed by atoms with Crippen LogP contribution >= 0.6 is 23.5 Å². The minimum absolute atomic E-state index is 0.101. The first kappa shape index (κ1) is 17.6. The van der Waals surface area contributed by atoms with E-state index in [-0.39, 0.29) is 5.91 Å². The molecule has 0 spiro atoms. The third kappa shape index (κ3) is 3.45. The Labute approximate surface area is 155 Å². The maximum Gasteiger partial charge on any atom is 0.282 e. The van der Waals surface area contributed by atoms with E-state index in [9.17, 15) is 4.79 Å². The highest BCUT2D eigenvalue weighted by Gasteiger charge is 2.34. The third-order valence-corrected chi connectivity index (χ3v) is 5.93. The molecule has 1 heterocycles. The van der Waals surface area contributed by atoms with Crippen LogP contribution in [0.2, 0.25) is 0 Å². The number of hydrogen-bond donors (Lipinski definition) is 0. The highest BCUT2D eigenvalue weighted by Crippen LogP contribution is 2.35. The average molecular weight is 370 g/mol. The molecule has 0 saturated carbocycles. The minimum atomic E-state index is -0.101. The molecule has 1 aliphatic rings. The number of benzene rings is 2. The van der Waals surface area contributed by atoms with E-state index in [1.807, 2.05) is 67.1 Å². The SMILES string of the molecule is COc1ccc(C2=NN(c3ccccc3)C(=O)C2=C(SC)SC)cc1. The van der Waals surface area contributed by atoms with Gasteiger partial charge >= 0.3 is 0 Å². The van der Waals surface area contributed by atoms with E-state index in [4.69, 9.17) is 4.74 Å². The van der Waals surface area contributed by atoms with Gasteiger partial charge in [0.2, 0.25) is 0 Å². The number of para-hydroxylation sites is 1. The number of methoxy groups -OCH3 is 1. The van der Waals surface area contributed by atoms with Gasteiger partial charge in [0.25, 0.3) is 5.91 Å². The number of carbonyl (C=O) groups excluding carboxylic acids is 1. The molecule has 25 heavy (non-hydrogen) atoms. The first-order chi connectivity index (χ1) is 12.2. The molecule has 0 bridgehead atoms. The van der Waals surface area contributed by atoms with E-state index < -0.39 is 0 Å². The van der Waals surface area contributed by atoms with Gasteiger partial charge in [0.1, 0.15) is 11.5 Å². The fraction of sp³-hybridized carbons (Fsp3) is 0.158. The molecule has 0 saturated heterocycles. The van der Waals surface area contributed by atoms with Crippen molar-refractivity contribution in [1.29, 1.82) is 0 Å². The fourth-order valence-corrected chi connectivity index (χ4v) is 4.01. The second-order valence-corrected chi connectivity index (χ2v) is 7.09. The van der Waals surface area contributed by atoms with Crippen LogP contribution in [-0.2, 0) is 4.79 Å². The number of nitrogens with zero attached hydrogens (tertiary/aromatic N) is 2. The molecule has 0 N–H and O–H groups in total. The summed E-state index contributed by atoms with van der Waals surface area (Å²) in [5.74, 6) is 0.671. The highest BCUT2D eigenvalue weighted by atomic mass is 32.2. The summed E-state index contributed by atoms with van der Waals surface area (Å²) >= 11 is 3.13. The zero-order chi connectivity index (χ0) is 17.8. The Bertz CT molecular complexity index is 824. The van der Waals surface area contributed by atoms with Gasteiger partial charge in [-0.15, -0.1) is 23.5 Å². The number of thioether (sulfide) groups is 2. The monoisotopic (exact) mass is 370 g/mol. The van der Waals surface area contributed by atoms with E-state index >= 15 is 0 Å². The number of amides is 1. The van der Waals surface area contributed by atoms with Gasteiger partial charge in [-0.05, 0) is 48.9 Å². The number of ether oxygens (including phenoxy) is 1. The van der Waals surface area contributed by atoms with Crippen LogP contribution in [0.15, 0.2) is 69.5 Å². The minimum Gasteiger partial charge on any atom is -0.497 e. The topological polar surface area (TPSA) is 41.9 Å². The molecule has 0 atom stereocenters. The molecule has 1 aliphatic heterocycles. The maximum atomic E-state index is 13.1. The van der Waals surface area contributed by atoms with Crippen molar-refractivity contribution in [2.45, 2.75) is 0 Å². The lowest BCUT2D eigenvalue weighted by molar-refractivity contribution is -0.114. The molecule has 0 radical (unpaired) electrons. The van der Waals surface area contributed by atoms with Gasteiger partial charge in [-0.3, -0.25) is 4.79 Å². The molecule has 4 nitrogen and oxygen atoms in total. The van der Waals surface area contributed by atoms with Gasteiger partial charge in [-0.25, -0.2) is 0 Å². The summed E-state index contributed by atoms with van der Waals surface area (Å²) in [5.41, 5.74) is 2.99. The van der Waals surface area contributed by atoms with Crippen molar-refractivity contribution in [2.75, 3.05) is 24.6 Å². The van der Waals surface area contributed by atoms with Crippen molar-refractivity contribution in [3.63, 3.8) is 0 Å². The van der Waals surface area contributed by atoms with Gasteiger partial charge in [0.05, 0.1) is 22.6 Å². The van der Waals surface area contributed by atoms with Crippen molar-refractivity contribution in [3.05, 3.63) is 70.0 Å². The summed E-state index contributed by atoms with van der Waals surface area (Å²) in [4.78, 5) is 13.1. The largest absolute Gasteiger partial charge is 0.497 e. The van der Waals surface area contributed by atoms with Crippen LogP contribution in [0.4, 0.5) is 5.69 Å². The lowest BCUT2D eigenvalue weighted by Crippen LogP contribution is -2.21. The number of carbonyl (C=O) groups is 1. The Morgan fingerprint density at radius 2 is 1.64 bits per heavy atom. The van der Waals surface area contributed by atoms with Crippen LogP contribution in [0, 0.1) is 0 Å². The fourth-order valence-electron chi connectivity index (χ4n) is 2.57. The van der Waals surface area contributed by atoms with Crippen LogP contribution < -0.4 is 9.75 Å². The van der Waals surface area contributed by atoms with Crippen molar-refractivity contribution in [2.24, 2.45) is 5.10 Å². The van der Waals surface area contributed by atoms with Crippen molar-refractivity contribution in [3.8, 4) is 5.75 Å². The van der Waals surface area contributed by atoms with Crippen LogP contribution in [0.1, 0.15) is 5.56 Å². The van der Waals surface area contributed by atoms with Crippen molar-refractivity contribution in [1.82, 2.24) is 0 Å². The first-order valence-electron chi connectivity index (χ1n) is 7.64. The lowest BCUT2D eigenvalue weighted by Gasteiger charge is -2.11. The number of anilines is 1. The van der Waals surface area contributed by atoms with Crippen LogP contribution in [0.25, 0.3) is 0 Å². The molecular formula is C19H18N2O2S2. The van der Waals surface area contributed by atoms with Crippen LogP contribution in [-0.4, -0.2) is 31.2 Å². The molecule has 128 valence electrons. The van der Waals surface area contributed by atoms with Gasteiger partial charge in [0, 0.05) is 5.56 Å². The third-order valence-electron chi connectivity index (χ3n) is 3.78. The Morgan fingerprint density at radius 3 is 2.20 bits per heavy atom. The van der Waals surface area contributed by atoms with E-state index in [0.29, 0.717) is 11.3 Å². The maximum absolute atomic E-state index is 13.1. The quantitative estimate of drug-likeness (QED) is 0.733. The Morgan fingerprint density at radius 1 is 1.00 bits per heavy atom. The molecule has 2 aromatic rings. The summed E-state index contributed by atoms with van der Waals surface area (Å²) in [6.45, 7) is 0. The van der Waals surface area contributed by atoms with Crippen molar-refractivity contribution >= 4 is 40.8 Å². The van der Waals surface area contributed by atoms with Gasteiger partial charge < -0.3 is 4.74 Å².